The SMILES string of the molecule is CCC(C)Oc1ccc(C(=O)NC(=S)Nc2cccc(Br)c2)cc1. The number of ether oxygens (including phenoxy) is 1. The van der Waals surface area contributed by atoms with Crippen LogP contribution in [0.3, 0.4) is 0 Å². The Morgan fingerprint density at radius 1 is 1.25 bits per heavy atom. The summed E-state index contributed by atoms with van der Waals surface area (Å²) in [6.07, 6.45) is 1.07. The van der Waals surface area contributed by atoms with E-state index < -0.39 is 0 Å². The number of amides is 1. The fourth-order valence-corrected chi connectivity index (χ4v) is 2.51. The first-order chi connectivity index (χ1) is 11.5. The number of benzene rings is 2. The van der Waals surface area contributed by atoms with Crippen molar-refractivity contribution in [3.05, 3.63) is 58.6 Å². The standard InChI is InChI=1S/C18H19BrN2O2S/c1-3-12(2)23-16-9-7-13(8-10-16)17(22)21-18(24)20-15-6-4-5-14(19)11-15/h4-12H,3H2,1-2H3,(H2,20,21,22,24). The molecule has 24 heavy (non-hydrogen) atoms. The Hall–Kier alpha value is -1.92. The van der Waals surface area contributed by atoms with Gasteiger partial charge in [-0.05, 0) is 68.0 Å². The highest BCUT2D eigenvalue weighted by Gasteiger charge is 2.09. The van der Waals surface area contributed by atoms with E-state index in [-0.39, 0.29) is 17.1 Å². The van der Waals surface area contributed by atoms with Crippen LogP contribution in [0, 0.1) is 0 Å². The highest BCUT2D eigenvalue weighted by atomic mass is 79.9. The molecule has 0 saturated carbocycles. The van der Waals surface area contributed by atoms with Crippen LogP contribution < -0.4 is 15.4 Å². The molecule has 126 valence electrons. The van der Waals surface area contributed by atoms with E-state index in [1.807, 2.05) is 31.2 Å². The number of hydrogen-bond acceptors (Lipinski definition) is 3. The number of anilines is 1. The van der Waals surface area contributed by atoms with Gasteiger partial charge in [0.15, 0.2) is 5.11 Å². The van der Waals surface area contributed by atoms with Crippen LogP contribution >= 0.6 is 28.1 Å². The molecule has 2 aromatic carbocycles. The zero-order valence-corrected chi connectivity index (χ0v) is 15.9. The van der Waals surface area contributed by atoms with Crippen molar-refractivity contribution in [3.8, 4) is 5.75 Å². The molecule has 2 rings (SSSR count). The number of carbonyl (C=O) groups is 1. The van der Waals surface area contributed by atoms with Gasteiger partial charge in [0.25, 0.3) is 5.91 Å². The van der Waals surface area contributed by atoms with Gasteiger partial charge in [0.2, 0.25) is 0 Å². The predicted molar refractivity (Wildman–Crippen MR) is 105 cm³/mol. The van der Waals surface area contributed by atoms with Gasteiger partial charge in [-0.2, -0.15) is 0 Å². The van der Waals surface area contributed by atoms with E-state index in [1.54, 1.807) is 24.3 Å². The number of halogens is 1. The maximum Gasteiger partial charge on any atom is 0.257 e. The van der Waals surface area contributed by atoms with Crippen molar-refractivity contribution in [3.63, 3.8) is 0 Å². The predicted octanol–water partition coefficient (Wildman–Crippen LogP) is 4.75. The van der Waals surface area contributed by atoms with Gasteiger partial charge in [-0.3, -0.25) is 10.1 Å². The van der Waals surface area contributed by atoms with Crippen LogP contribution in [-0.2, 0) is 0 Å². The molecule has 1 atom stereocenters. The minimum Gasteiger partial charge on any atom is -0.491 e. The van der Waals surface area contributed by atoms with Gasteiger partial charge in [-0.15, -0.1) is 0 Å². The molecule has 0 spiro atoms. The molecule has 0 aromatic heterocycles. The highest BCUT2D eigenvalue weighted by molar-refractivity contribution is 9.10. The van der Waals surface area contributed by atoms with E-state index in [9.17, 15) is 4.79 Å². The van der Waals surface area contributed by atoms with E-state index in [0.29, 0.717) is 5.56 Å². The van der Waals surface area contributed by atoms with E-state index in [2.05, 4.69) is 33.5 Å². The van der Waals surface area contributed by atoms with Gasteiger partial charge in [-0.1, -0.05) is 28.9 Å². The molecule has 4 nitrogen and oxygen atoms in total. The van der Waals surface area contributed by atoms with Gasteiger partial charge < -0.3 is 10.1 Å². The highest BCUT2D eigenvalue weighted by Crippen LogP contribution is 2.16. The summed E-state index contributed by atoms with van der Waals surface area (Å²) in [5, 5.41) is 5.88. The average Bonchev–Trinajstić information content (AvgIpc) is 2.55. The first kappa shape index (κ1) is 18.4. The summed E-state index contributed by atoms with van der Waals surface area (Å²) in [5.41, 5.74) is 1.32. The molecule has 6 heteroatoms. The van der Waals surface area contributed by atoms with Crippen molar-refractivity contribution >= 4 is 44.9 Å². The van der Waals surface area contributed by atoms with Gasteiger partial charge in [0, 0.05) is 15.7 Å². The molecule has 0 heterocycles. The maximum atomic E-state index is 12.2. The molecule has 0 radical (unpaired) electrons. The van der Waals surface area contributed by atoms with Crippen LogP contribution in [0.5, 0.6) is 5.75 Å². The molecule has 0 bridgehead atoms. The molecule has 1 amide bonds. The van der Waals surface area contributed by atoms with E-state index in [1.165, 1.54) is 0 Å². The molecule has 0 aliphatic carbocycles. The van der Waals surface area contributed by atoms with Crippen LogP contribution in [0.2, 0.25) is 0 Å². The molecule has 0 aliphatic rings. The Labute approximate surface area is 155 Å². The monoisotopic (exact) mass is 406 g/mol. The lowest BCUT2D eigenvalue weighted by atomic mass is 10.2. The number of hydrogen-bond donors (Lipinski definition) is 2. The molecule has 1 unspecified atom stereocenters. The smallest absolute Gasteiger partial charge is 0.257 e. The lowest BCUT2D eigenvalue weighted by Gasteiger charge is -2.13. The van der Waals surface area contributed by atoms with Crippen molar-refractivity contribution in [1.29, 1.82) is 0 Å². The van der Waals surface area contributed by atoms with Gasteiger partial charge >= 0.3 is 0 Å². The van der Waals surface area contributed by atoms with Crippen molar-refractivity contribution in [1.82, 2.24) is 5.32 Å². The summed E-state index contributed by atoms with van der Waals surface area (Å²) in [5.74, 6) is 0.480. The molecule has 0 saturated heterocycles. The van der Waals surface area contributed by atoms with Crippen molar-refractivity contribution in [2.75, 3.05) is 5.32 Å². The third-order valence-corrected chi connectivity index (χ3v) is 4.04. The Morgan fingerprint density at radius 3 is 2.58 bits per heavy atom. The van der Waals surface area contributed by atoms with Crippen LogP contribution in [0.25, 0.3) is 0 Å². The third kappa shape index (κ3) is 5.62. The van der Waals surface area contributed by atoms with Gasteiger partial charge in [0.05, 0.1) is 6.10 Å². The first-order valence-electron chi connectivity index (χ1n) is 7.62. The largest absolute Gasteiger partial charge is 0.491 e. The molecule has 2 N–H and O–H groups in total. The van der Waals surface area contributed by atoms with Crippen molar-refractivity contribution in [2.24, 2.45) is 0 Å². The molecular weight excluding hydrogens is 388 g/mol. The second kappa shape index (κ2) is 8.80. The number of rotatable bonds is 5. The van der Waals surface area contributed by atoms with Crippen molar-refractivity contribution < 1.29 is 9.53 Å². The van der Waals surface area contributed by atoms with E-state index in [4.69, 9.17) is 17.0 Å². The van der Waals surface area contributed by atoms with Gasteiger partial charge in [0.1, 0.15) is 5.75 Å². The fourth-order valence-electron chi connectivity index (χ4n) is 1.90. The Balaban J connectivity index is 1.93. The second-order valence-corrected chi connectivity index (χ2v) is 6.60. The zero-order chi connectivity index (χ0) is 17.5. The summed E-state index contributed by atoms with van der Waals surface area (Å²) >= 11 is 8.56. The Morgan fingerprint density at radius 2 is 1.96 bits per heavy atom. The summed E-state index contributed by atoms with van der Waals surface area (Å²) in [6, 6.07) is 14.5. The van der Waals surface area contributed by atoms with E-state index >= 15 is 0 Å². The maximum absolute atomic E-state index is 12.2. The van der Waals surface area contributed by atoms with Crippen LogP contribution in [-0.4, -0.2) is 17.1 Å². The van der Waals surface area contributed by atoms with Gasteiger partial charge in [-0.25, -0.2) is 0 Å². The normalized spacial score (nSPS) is 11.5. The summed E-state index contributed by atoms with van der Waals surface area (Å²) in [4.78, 5) is 12.2. The van der Waals surface area contributed by atoms with E-state index in [0.717, 1.165) is 22.3 Å². The Bertz CT molecular complexity index is 719. The molecule has 0 aliphatic heterocycles. The topological polar surface area (TPSA) is 50.4 Å². The zero-order valence-electron chi connectivity index (χ0n) is 13.5. The lowest BCUT2D eigenvalue weighted by molar-refractivity contribution is 0.0977. The quantitative estimate of drug-likeness (QED) is 0.703. The molecule has 0 fully saturated rings. The number of thiocarbonyl (C=S) groups is 1. The fraction of sp³-hybridized carbons (Fsp3) is 0.222. The van der Waals surface area contributed by atoms with Crippen LogP contribution in [0.4, 0.5) is 5.69 Å². The third-order valence-electron chi connectivity index (χ3n) is 3.34. The second-order valence-electron chi connectivity index (χ2n) is 5.28. The summed E-state index contributed by atoms with van der Waals surface area (Å²) in [7, 11) is 0. The molecule has 2 aromatic rings. The minimum absolute atomic E-state index is 0.145. The summed E-state index contributed by atoms with van der Waals surface area (Å²) in [6.45, 7) is 4.07. The number of nitrogens with one attached hydrogen (secondary N) is 2. The lowest BCUT2D eigenvalue weighted by Crippen LogP contribution is -2.34. The average molecular weight is 407 g/mol. The summed E-state index contributed by atoms with van der Waals surface area (Å²) < 4.78 is 6.62. The van der Waals surface area contributed by atoms with Crippen LogP contribution in [0.15, 0.2) is 53.0 Å². The van der Waals surface area contributed by atoms with Crippen LogP contribution in [0.1, 0.15) is 30.6 Å². The Kier molecular flexibility index (Phi) is 6.75. The molecular formula is C18H19BrN2O2S. The minimum atomic E-state index is -0.266. The van der Waals surface area contributed by atoms with Crippen molar-refractivity contribution in [2.45, 2.75) is 26.4 Å². The number of carbonyl (C=O) groups excluding carboxylic acids is 1. The first-order valence-corrected chi connectivity index (χ1v) is 8.82.